The molecule has 0 amide bonds. The number of rotatable bonds is 0. The van der Waals surface area contributed by atoms with Crippen LogP contribution in [0.15, 0.2) is 24.3 Å². The fraction of sp³-hybridized carbons (Fsp3) is 0.333. The van der Waals surface area contributed by atoms with Gasteiger partial charge in [0.25, 0.3) is 0 Å². The third kappa shape index (κ3) is 1.77. The smallest absolute Gasteiger partial charge is 0.122 e. The van der Waals surface area contributed by atoms with Crippen molar-refractivity contribution in [3.8, 4) is 5.75 Å². The van der Waals surface area contributed by atoms with E-state index in [-0.39, 0.29) is 17.4 Å². The molecule has 0 fully saturated rings. The van der Waals surface area contributed by atoms with Crippen LogP contribution in [0.1, 0.15) is 12.0 Å². The van der Waals surface area contributed by atoms with Gasteiger partial charge in [-0.3, -0.25) is 0 Å². The minimum atomic E-state index is 0. The van der Waals surface area contributed by atoms with E-state index in [1.54, 1.807) is 0 Å². The zero-order chi connectivity index (χ0) is 6.81. The third-order valence-corrected chi connectivity index (χ3v) is 1.82. The van der Waals surface area contributed by atoms with E-state index in [1.165, 1.54) is 12.0 Å². The monoisotopic (exact) mass is 186 g/mol. The number of hydrogen-bond donors (Lipinski definition) is 0. The minimum absolute atomic E-state index is 0. The van der Waals surface area contributed by atoms with Crippen molar-refractivity contribution in [2.45, 2.75) is 12.8 Å². The van der Waals surface area contributed by atoms with Crippen molar-refractivity contribution >= 4 is 0 Å². The van der Waals surface area contributed by atoms with E-state index in [2.05, 4.69) is 12.1 Å². The number of para-hydroxylation sites is 1. The Kier molecular flexibility index (Phi) is 2.99. The van der Waals surface area contributed by atoms with Gasteiger partial charge in [-0.2, -0.15) is 0 Å². The van der Waals surface area contributed by atoms with Crippen LogP contribution in [0.25, 0.3) is 0 Å². The second-order valence-electron chi connectivity index (χ2n) is 2.56. The molecule has 1 heterocycles. The Morgan fingerprint density at radius 3 is 2.82 bits per heavy atom. The first-order valence-corrected chi connectivity index (χ1v) is 3.67. The molecule has 0 spiro atoms. The summed E-state index contributed by atoms with van der Waals surface area (Å²) in [5.74, 6) is 1.08. The van der Waals surface area contributed by atoms with E-state index < -0.39 is 0 Å². The average molecular weight is 186 g/mol. The number of hydrogen-bond acceptors (Lipinski definition) is 1. The van der Waals surface area contributed by atoms with Gasteiger partial charge in [0.2, 0.25) is 0 Å². The minimum Gasteiger partial charge on any atom is -0.493 e. The van der Waals surface area contributed by atoms with Crippen LogP contribution < -0.4 is 4.74 Å². The molecule has 0 aliphatic carbocycles. The molecule has 0 saturated heterocycles. The van der Waals surface area contributed by atoms with Crippen LogP contribution in [0.5, 0.6) is 5.75 Å². The van der Waals surface area contributed by atoms with Gasteiger partial charge in [0.05, 0.1) is 6.61 Å². The zero-order valence-electron chi connectivity index (χ0n) is 6.25. The Hall–Kier alpha value is -0.448. The molecule has 1 aliphatic heterocycles. The molecule has 0 unspecified atom stereocenters. The van der Waals surface area contributed by atoms with Gasteiger partial charge in [-0.25, -0.2) is 0 Å². The van der Waals surface area contributed by atoms with E-state index in [1.807, 2.05) is 12.1 Å². The Labute approximate surface area is 77.5 Å². The number of ether oxygens (including phenoxy) is 1. The molecule has 0 bridgehead atoms. The van der Waals surface area contributed by atoms with Gasteiger partial charge < -0.3 is 4.74 Å². The Morgan fingerprint density at radius 2 is 2.00 bits per heavy atom. The Balaban J connectivity index is 0.000000605. The zero-order valence-corrected chi connectivity index (χ0v) is 7.52. The molecule has 1 aromatic rings. The molecule has 0 saturated carbocycles. The first kappa shape index (κ1) is 8.65. The summed E-state index contributed by atoms with van der Waals surface area (Å²) >= 11 is 0. The average Bonchev–Trinajstić information content (AvgIpc) is 2.05. The molecule has 0 radical (unpaired) electrons. The normalized spacial score (nSPS) is 14.2. The molecule has 0 atom stereocenters. The maximum Gasteiger partial charge on any atom is 0.122 e. The van der Waals surface area contributed by atoms with Crippen molar-refractivity contribution in [1.29, 1.82) is 0 Å². The van der Waals surface area contributed by atoms with Gasteiger partial charge in [-0.1, -0.05) is 18.2 Å². The first-order valence-electron chi connectivity index (χ1n) is 3.67. The molecular formula is C9H10CrO. The van der Waals surface area contributed by atoms with Gasteiger partial charge >= 0.3 is 0 Å². The largest absolute Gasteiger partial charge is 0.493 e. The molecule has 1 aliphatic rings. The SMILES string of the molecule is [Cr].c1ccc2c(c1)CCCO2. The van der Waals surface area contributed by atoms with Crippen LogP contribution >= 0.6 is 0 Å². The van der Waals surface area contributed by atoms with E-state index in [0.29, 0.717) is 0 Å². The molecule has 0 aromatic heterocycles. The van der Waals surface area contributed by atoms with Crippen LogP contribution in [0.4, 0.5) is 0 Å². The van der Waals surface area contributed by atoms with Gasteiger partial charge in [-0.15, -0.1) is 0 Å². The van der Waals surface area contributed by atoms with E-state index in [9.17, 15) is 0 Å². The van der Waals surface area contributed by atoms with Crippen LogP contribution in [0.3, 0.4) is 0 Å². The predicted molar refractivity (Wildman–Crippen MR) is 40.3 cm³/mol. The maximum atomic E-state index is 5.42. The number of fused-ring (bicyclic) bond motifs is 1. The van der Waals surface area contributed by atoms with Crippen LogP contribution in [0, 0.1) is 0 Å². The fourth-order valence-corrected chi connectivity index (χ4v) is 1.30. The standard InChI is InChI=1S/C9H10O.Cr/c1-2-6-9-8(4-1)5-3-7-10-9;/h1-2,4,6H,3,5,7H2;. The van der Waals surface area contributed by atoms with Crippen molar-refractivity contribution in [3.63, 3.8) is 0 Å². The summed E-state index contributed by atoms with van der Waals surface area (Å²) in [6, 6.07) is 8.25. The summed E-state index contributed by atoms with van der Waals surface area (Å²) in [6.45, 7) is 0.886. The van der Waals surface area contributed by atoms with Crippen molar-refractivity contribution in [2.75, 3.05) is 6.61 Å². The van der Waals surface area contributed by atoms with E-state index in [0.717, 1.165) is 18.8 Å². The van der Waals surface area contributed by atoms with Crippen LogP contribution in [-0.4, -0.2) is 6.61 Å². The predicted octanol–water partition coefficient (Wildman–Crippen LogP) is 2.01. The summed E-state index contributed by atoms with van der Waals surface area (Å²) in [4.78, 5) is 0. The van der Waals surface area contributed by atoms with E-state index in [4.69, 9.17) is 4.74 Å². The van der Waals surface area contributed by atoms with Crippen LogP contribution in [-0.2, 0) is 23.8 Å². The Morgan fingerprint density at radius 1 is 1.18 bits per heavy atom. The third-order valence-electron chi connectivity index (χ3n) is 1.82. The topological polar surface area (TPSA) is 9.23 Å². The summed E-state index contributed by atoms with van der Waals surface area (Å²) in [5.41, 5.74) is 1.36. The molecular weight excluding hydrogens is 176 g/mol. The molecule has 0 N–H and O–H groups in total. The molecule has 1 nitrogen and oxygen atoms in total. The van der Waals surface area contributed by atoms with Crippen molar-refractivity contribution < 1.29 is 22.1 Å². The summed E-state index contributed by atoms with van der Waals surface area (Å²) in [5, 5.41) is 0. The van der Waals surface area contributed by atoms with Crippen LogP contribution in [0.2, 0.25) is 0 Å². The molecule has 2 rings (SSSR count). The van der Waals surface area contributed by atoms with Gasteiger partial charge in [-0.05, 0) is 24.5 Å². The maximum absolute atomic E-state index is 5.42. The summed E-state index contributed by atoms with van der Waals surface area (Å²) in [7, 11) is 0. The van der Waals surface area contributed by atoms with Crippen molar-refractivity contribution in [3.05, 3.63) is 29.8 Å². The molecule has 11 heavy (non-hydrogen) atoms. The van der Waals surface area contributed by atoms with Gasteiger partial charge in [0.1, 0.15) is 5.75 Å². The Bertz CT molecular complexity index is 210. The molecule has 2 heteroatoms. The van der Waals surface area contributed by atoms with Crippen molar-refractivity contribution in [1.82, 2.24) is 0 Å². The number of benzene rings is 1. The first-order chi connectivity index (χ1) is 4.97. The van der Waals surface area contributed by atoms with E-state index >= 15 is 0 Å². The second kappa shape index (κ2) is 3.80. The van der Waals surface area contributed by atoms with Gasteiger partial charge in [0.15, 0.2) is 0 Å². The summed E-state index contributed by atoms with van der Waals surface area (Å²) < 4.78 is 5.42. The molecule has 58 valence electrons. The summed E-state index contributed by atoms with van der Waals surface area (Å²) in [6.07, 6.45) is 2.34. The molecule has 1 aromatic carbocycles. The van der Waals surface area contributed by atoms with Gasteiger partial charge in [0, 0.05) is 17.4 Å². The number of aryl methyl sites for hydroxylation is 1. The van der Waals surface area contributed by atoms with Crippen molar-refractivity contribution in [2.24, 2.45) is 0 Å². The second-order valence-corrected chi connectivity index (χ2v) is 2.56. The fourth-order valence-electron chi connectivity index (χ4n) is 1.30. The quantitative estimate of drug-likeness (QED) is 0.602.